The van der Waals surface area contributed by atoms with Crippen molar-refractivity contribution in [3.8, 4) is 11.8 Å². The average molecular weight is 321 g/mol. The summed E-state index contributed by atoms with van der Waals surface area (Å²) >= 11 is -1.54. The molecule has 108 valence electrons. The molecule has 0 radical (unpaired) electrons. The van der Waals surface area contributed by atoms with E-state index in [-0.39, 0.29) is 0 Å². The van der Waals surface area contributed by atoms with Crippen LogP contribution in [-0.2, 0) is 0 Å². The topological polar surface area (TPSA) is 0 Å². The summed E-state index contributed by atoms with van der Waals surface area (Å²) in [6, 6.07) is 0. The maximum absolute atomic E-state index is 3.74. The summed E-state index contributed by atoms with van der Waals surface area (Å²) in [5.74, 6) is 18.0. The first kappa shape index (κ1) is 15.5. The van der Waals surface area contributed by atoms with Gasteiger partial charge in [-0.3, -0.25) is 0 Å². The molecule has 2 bridgehead atoms. The van der Waals surface area contributed by atoms with Crippen LogP contribution in [0.25, 0.3) is 0 Å². The van der Waals surface area contributed by atoms with Crippen LogP contribution in [0.3, 0.4) is 0 Å². The van der Waals surface area contributed by atoms with Crippen LogP contribution < -0.4 is 0 Å². The van der Waals surface area contributed by atoms with Gasteiger partial charge in [-0.1, -0.05) is 0 Å². The molecule has 19 heavy (non-hydrogen) atoms. The molecule has 0 N–H and O–H groups in total. The number of hydrogen-bond acceptors (Lipinski definition) is 0. The van der Waals surface area contributed by atoms with Crippen molar-refractivity contribution in [1.29, 1.82) is 0 Å². The summed E-state index contributed by atoms with van der Waals surface area (Å²) in [7, 11) is 0. The van der Waals surface area contributed by atoms with Crippen molar-refractivity contribution >= 4 is 13.3 Å². The zero-order valence-corrected chi connectivity index (χ0v) is 15.6. The maximum atomic E-state index is 3.74. The number of fused-ring (bicyclic) bond motifs is 2. The molecule has 0 spiro atoms. The van der Waals surface area contributed by atoms with E-state index in [1.807, 2.05) is 0 Å². The fourth-order valence-electron chi connectivity index (χ4n) is 4.58. The zero-order valence-electron chi connectivity index (χ0n) is 13.5. The Bertz CT molecular complexity index is 341. The summed E-state index contributed by atoms with van der Waals surface area (Å²) in [5, 5.41) is 0. The van der Waals surface area contributed by atoms with E-state index in [0.29, 0.717) is 0 Å². The predicted octanol–water partition coefficient (Wildman–Crippen LogP) is 5.71. The fraction of sp³-hybridized carbons (Fsp3) is 0.889. The molecule has 2 aliphatic rings. The Morgan fingerprint density at radius 3 is 2.42 bits per heavy atom. The van der Waals surface area contributed by atoms with Crippen molar-refractivity contribution in [2.45, 2.75) is 80.3 Å². The Balaban J connectivity index is 1.89. The summed E-state index contributed by atoms with van der Waals surface area (Å²) in [6.45, 7) is 2.28. The van der Waals surface area contributed by atoms with E-state index in [0.717, 1.165) is 28.9 Å². The molecule has 0 nitrogen and oxygen atoms in total. The molecule has 0 aromatic rings. The van der Waals surface area contributed by atoms with Crippen molar-refractivity contribution in [2.24, 2.45) is 17.8 Å². The summed E-state index contributed by atoms with van der Waals surface area (Å²) in [4.78, 5) is 0. The Kier molecular flexibility index (Phi) is 5.47. The molecule has 2 saturated carbocycles. The molecule has 0 aromatic heterocycles. The van der Waals surface area contributed by atoms with Gasteiger partial charge < -0.3 is 0 Å². The zero-order chi connectivity index (χ0) is 13.9. The molecule has 0 amide bonds. The molecule has 2 fully saturated rings. The molecule has 0 unspecified atom stereocenters. The monoisotopic (exact) mass is 322 g/mol. The molecule has 0 aliphatic heterocycles. The third kappa shape index (κ3) is 3.81. The summed E-state index contributed by atoms with van der Waals surface area (Å²) < 4.78 is 1.04. The predicted molar refractivity (Wildman–Crippen MR) is 88.0 cm³/mol. The molecule has 0 saturated heterocycles. The van der Waals surface area contributed by atoms with Crippen LogP contribution in [0, 0.1) is 29.6 Å². The van der Waals surface area contributed by atoms with Gasteiger partial charge in [0.25, 0.3) is 0 Å². The van der Waals surface area contributed by atoms with Crippen LogP contribution in [0.15, 0.2) is 0 Å². The van der Waals surface area contributed by atoms with E-state index in [2.05, 4.69) is 36.0 Å². The quantitative estimate of drug-likeness (QED) is 0.345. The molecular weight excluding hydrogens is 289 g/mol. The van der Waals surface area contributed by atoms with Crippen LogP contribution in [-0.4, -0.2) is 13.3 Å². The van der Waals surface area contributed by atoms with Gasteiger partial charge in [0.15, 0.2) is 0 Å². The molecular formula is C18H32Ge. The third-order valence-electron chi connectivity index (χ3n) is 5.34. The summed E-state index contributed by atoms with van der Waals surface area (Å²) in [6.07, 6.45) is 11.1. The van der Waals surface area contributed by atoms with Crippen LogP contribution in [0.5, 0.6) is 0 Å². The van der Waals surface area contributed by atoms with Gasteiger partial charge in [0.2, 0.25) is 0 Å². The van der Waals surface area contributed by atoms with Crippen molar-refractivity contribution in [1.82, 2.24) is 0 Å². The number of unbranched alkanes of at least 4 members (excludes halogenated alkanes) is 4. The number of rotatable bonds is 5. The van der Waals surface area contributed by atoms with E-state index in [4.69, 9.17) is 0 Å². The van der Waals surface area contributed by atoms with E-state index in [1.165, 1.54) is 44.9 Å². The summed E-state index contributed by atoms with van der Waals surface area (Å²) in [5.41, 5.74) is 0. The van der Waals surface area contributed by atoms with E-state index in [1.54, 1.807) is 0 Å². The minimum atomic E-state index is -1.54. The molecule has 4 atom stereocenters. The van der Waals surface area contributed by atoms with E-state index >= 15 is 0 Å². The van der Waals surface area contributed by atoms with Gasteiger partial charge in [-0.05, 0) is 0 Å². The van der Waals surface area contributed by atoms with Crippen LogP contribution in [0.4, 0.5) is 0 Å². The molecule has 1 heteroatoms. The van der Waals surface area contributed by atoms with Crippen molar-refractivity contribution in [3.63, 3.8) is 0 Å². The van der Waals surface area contributed by atoms with Gasteiger partial charge in [-0.25, -0.2) is 0 Å². The number of hydrogen-bond donors (Lipinski definition) is 0. The SMILES string of the molecule is CCCCCCC#C[C@@H]1[C@H]2CC[C@H](C2)[C@@H]1[Ge]([CH3])([CH3])[CH3]. The average Bonchev–Trinajstić information content (AvgIpc) is 2.92. The Hall–Kier alpha value is 0.103. The fourth-order valence-corrected chi connectivity index (χ4v) is 11.2. The Labute approximate surface area is 123 Å². The third-order valence-corrected chi connectivity index (χ3v) is 11.3. The van der Waals surface area contributed by atoms with Crippen LogP contribution in [0.2, 0.25) is 22.0 Å². The standard InChI is InChI=1S/C18H32Ge/c1-5-6-7-8-9-10-11-17-15-12-13-16(14-15)18(17)19(2,3)4/h15-18H,5-9,12-14H2,1-4H3/t15-,16+,17+,18-/m0/s1. The molecule has 0 aromatic carbocycles. The second kappa shape index (κ2) is 6.70. The molecule has 2 aliphatic carbocycles. The van der Waals surface area contributed by atoms with Crippen molar-refractivity contribution in [3.05, 3.63) is 0 Å². The van der Waals surface area contributed by atoms with Gasteiger partial charge in [-0.15, -0.1) is 0 Å². The molecule has 2 rings (SSSR count). The second-order valence-corrected chi connectivity index (χ2v) is 19.2. The van der Waals surface area contributed by atoms with Gasteiger partial charge in [0.1, 0.15) is 0 Å². The van der Waals surface area contributed by atoms with E-state index in [9.17, 15) is 0 Å². The van der Waals surface area contributed by atoms with Gasteiger partial charge in [0.05, 0.1) is 0 Å². The molecule has 0 heterocycles. The van der Waals surface area contributed by atoms with Gasteiger partial charge in [0, 0.05) is 0 Å². The first-order chi connectivity index (χ1) is 9.04. The van der Waals surface area contributed by atoms with Crippen LogP contribution >= 0.6 is 0 Å². The normalized spacial score (nSPS) is 33.3. The minimum absolute atomic E-state index is 0.796. The van der Waals surface area contributed by atoms with E-state index < -0.39 is 13.3 Å². The van der Waals surface area contributed by atoms with Crippen LogP contribution in [0.1, 0.15) is 58.3 Å². The Morgan fingerprint density at radius 2 is 1.74 bits per heavy atom. The van der Waals surface area contributed by atoms with Gasteiger partial charge >= 0.3 is 123 Å². The van der Waals surface area contributed by atoms with Crippen molar-refractivity contribution < 1.29 is 0 Å². The van der Waals surface area contributed by atoms with Gasteiger partial charge in [-0.2, -0.15) is 0 Å². The first-order valence-corrected chi connectivity index (χ1v) is 16.0. The first-order valence-electron chi connectivity index (χ1n) is 8.52. The van der Waals surface area contributed by atoms with Crippen molar-refractivity contribution in [2.75, 3.05) is 0 Å². The second-order valence-electron chi connectivity index (χ2n) is 7.88. The Morgan fingerprint density at radius 1 is 1.00 bits per heavy atom.